The van der Waals surface area contributed by atoms with Crippen LogP contribution in [0.3, 0.4) is 0 Å². The zero-order valence-electron chi connectivity index (χ0n) is 14.7. The van der Waals surface area contributed by atoms with Crippen molar-refractivity contribution in [1.29, 1.82) is 0 Å². The van der Waals surface area contributed by atoms with E-state index in [1.807, 2.05) is 0 Å². The van der Waals surface area contributed by atoms with Gasteiger partial charge in [-0.05, 0) is 38.5 Å². The molecule has 3 unspecified atom stereocenters. The SMILES string of the molecule is CC1CCCC(C)(C(=O)C(=O)N2C=CCC2C(N)=O)C[C@@](C)(O)C1. The van der Waals surface area contributed by atoms with Crippen LogP contribution in [0.25, 0.3) is 0 Å². The van der Waals surface area contributed by atoms with Gasteiger partial charge in [0.25, 0.3) is 5.91 Å². The smallest absolute Gasteiger partial charge is 0.295 e. The number of hydrogen-bond acceptors (Lipinski definition) is 4. The van der Waals surface area contributed by atoms with Crippen molar-refractivity contribution in [2.45, 2.75) is 70.9 Å². The molecule has 0 bridgehead atoms. The number of carbonyl (C=O) groups excluding carboxylic acids is 3. The van der Waals surface area contributed by atoms with Gasteiger partial charge in [0, 0.05) is 11.6 Å². The highest BCUT2D eigenvalue weighted by Gasteiger charge is 2.46. The van der Waals surface area contributed by atoms with Gasteiger partial charge in [0.1, 0.15) is 6.04 Å². The second-order valence-electron chi connectivity index (χ2n) is 8.02. The van der Waals surface area contributed by atoms with Gasteiger partial charge in [-0.3, -0.25) is 19.3 Å². The molecule has 2 rings (SSSR count). The van der Waals surface area contributed by atoms with E-state index in [-0.39, 0.29) is 6.42 Å². The van der Waals surface area contributed by atoms with E-state index in [4.69, 9.17) is 5.73 Å². The van der Waals surface area contributed by atoms with E-state index in [1.54, 1.807) is 19.9 Å². The Morgan fingerprint density at radius 3 is 2.58 bits per heavy atom. The van der Waals surface area contributed by atoms with E-state index in [0.29, 0.717) is 25.2 Å². The van der Waals surface area contributed by atoms with E-state index in [2.05, 4.69) is 6.92 Å². The van der Waals surface area contributed by atoms with Crippen molar-refractivity contribution < 1.29 is 19.5 Å². The van der Waals surface area contributed by atoms with Crippen molar-refractivity contribution in [3.8, 4) is 0 Å². The molecule has 0 aromatic carbocycles. The summed E-state index contributed by atoms with van der Waals surface area (Å²) in [5.41, 5.74) is 3.39. The lowest BCUT2D eigenvalue weighted by Gasteiger charge is -2.39. The lowest BCUT2D eigenvalue weighted by atomic mass is 9.68. The van der Waals surface area contributed by atoms with Crippen LogP contribution in [0.1, 0.15) is 59.3 Å². The highest BCUT2D eigenvalue weighted by Crippen LogP contribution is 2.41. The fourth-order valence-corrected chi connectivity index (χ4v) is 4.25. The van der Waals surface area contributed by atoms with Gasteiger partial charge in [-0.2, -0.15) is 0 Å². The number of primary amides is 1. The van der Waals surface area contributed by atoms with Crippen LogP contribution in [0, 0.1) is 11.3 Å². The Morgan fingerprint density at radius 1 is 1.29 bits per heavy atom. The maximum Gasteiger partial charge on any atom is 0.295 e. The Hall–Kier alpha value is -1.69. The Balaban J connectivity index is 2.21. The van der Waals surface area contributed by atoms with Crippen molar-refractivity contribution in [2.24, 2.45) is 17.1 Å². The predicted octanol–water partition coefficient (Wildman–Crippen LogP) is 1.51. The van der Waals surface area contributed by atoms with Gasteiger partial charge in [-0.25, -0.2) is 0 Å². The first-order valence-corrected chi connectivity index (χ1v) is 8.61. The summed E-state index contributed by atoms with van der Waals surface area (Å²) in [4.78, 5) is 38.2. The van der Waals surface area contributed by atoms with E-state index in [0.717, 1.165) is 17.7 Å². The molecule has 1 aliphatic carbocycles. The largest absolute Gasteiger partial charge is 0.390 e. The molecule has 1 heterocycles. The van der Waals surface area contributed by atoms with Crippen LogP contribution in [0.5, 0.6) is 0 Å². The van der Waals surface area contributed by atoms with Crippen molar-refractivity contribution in [1.82, 2.24) is 4.90 Å². The zero-order chi connectivity index (χ0) is 18.1. The monoisotopic (exact) mass is 336 g/mol. The third kappa shape index (κ3) is 3.86. The highest BCUT2D eigenvalue weighted by atomic mass is 16.3. The predicted molar refractivity (Wildman–Crippen MR) is 89.6 cm³/mol. The van der Waals surface area contributed by atoms with Crippen LogP contribution in [-0.4, -0.2) is 39.2 Å². The van der Waals surface area contributed by atoms with Crippen molar-refractivity contribution in [2.75, 3.05) is 0 Å². The van der Waals surface area contributed by atoms with Crippen LogP contribution >= 0.6 is 0 Å². The van der Waals surface area contributed by atoms with Crippen molar-refractivity contribution >= 4 is 17.6 Å². The highest BCUT2D eigenvalue weighted by molar-refractivity contribution is 6.38. The van der Waals surface area contributed by atoms with Gasteiger partial charge in [0.15, 0.2) is 0 Å². The van der Waals surface area contributed by atoms with Crippen LogP contribution in [0.2, 0.25) is 0 Å². The van der Waals surface area contributed by atoms with Gasteiger partial charge >= 0.3 is 0 Å². The summed E-state index contributed by atoms with van der Waals surface area (Å²) in [7, 11) is 0. The summed E-state index contributed by atoms with van der Waals surface area (Å²) < 4.78 is 0. The Labute approximate surface area is 143 Å². The van der Waals surface area contributed by atoms with E-state index in [1.165, 1.54) is 6.20 Å². The third-order valence-electron chi connectivity index (χ3n) is 5.25. The molecule has 6 nitrogen and oxygen atoms in total. The molecule has 1 aliphatic heterocycles. The second-order valence-corrected chi connectivity index (χ2v) is 8.02. The van der Waals surface area contributed by atoms with E-state index in [9.17, 15) is 19.5 Å². The number of hydrogen-bond donors (Lipinski definition) is 2. The number of nitrogens with zero attached hydrogens (tertiary/aromatic N) is 1. The maximum absolute atomic E-state index is 12.9. The number of amides is 2. The summed E-state index contributed by atoms with van der Waals surface area (Å²) in [5.74, 6) is -1.49. The Kier molecular flexibility index (Phi) is 5.18. The molecule has 1 fully saturated rings. The Bertz CT molecular complexity index is 569. The summed E-state index contributed by atoms with van der Waals surface area (Å²) in [6.45, 7) is 5.57. The van der Waals surface area contributed by atoms with Crippen LogP contribution in [0.15, 0.2) is 12.3 Å². The van der Waals surface area contributed by atoms with Crippen LogP contribution in [0.4, 0.5) is 0 Å². The minimum absolute atomic E-state index is 0.244. The summed E-state index contributed by atoms with van der Waals surface area (Å²) in [6, 6.07) is -0.792. The van der Waals surface area contributed by atoms with Gasteiger partial charge < -0.3 is 10.8 Å². The molecule has 2 aliphatic rings. The zero-order valence-corrected chi connectivity index (χ0v) is 14.7. The quantitative estimate of drug-likeness (QED) is 0.763. The number of rotatable bonds is 3. The molecule has 0 aromatic rings. The third-order valence-corrected chi connectivity index (χ3v) is 5.25. The molecule has 1 saturated carbocycles. The molecule has 6 heteroatoms. The molecular formula is C18H28N2O4. The molecule has 0 saturated heterocycles. The summed E-state index contributed by atoms with van der Waals surface area (Å²) >= 11 is 0. The summed E-state index contributed by atoms with van der Waals surface area (Å²) in [6.07, 6.45) is 6.62. The number of Topliss-reactive ketones (excluding diaryl/α,β-unsaturated/α-hetero) is 1. The van der Waals surface area contributed by atoms with E-state index < -0.39 is 34.7 Å². The van der Waals surface area contributed by atoms with Gasteiger partial charge in [-0.1, -0.05) is 32.8 Å². The topological polar surface area (TPSA) is 101 Å². The van der Waals surface area contributed by atoms with Gasteiger partial charge in [0.05, 0.1) is 5.60 Å². The lowest BCUT2D eigenvalue weighted by Crippen LogP contribution is -2.50. The van der Waals surface area contributed by atoms with Gasteiger partial charge in [-0.15, -0.1) is 0 Å². The second kappa shape index (κ2) is 6.67. The molecule has 134 valence electrons. The Morgan fingerprint density at radius 2 is 1.96 bits per heavy atom. The molecular weight excluding hydrogens is 308 g/mol. The van der Waals surface area contributed by atoms with Crippen LogP contribution in [-0.2, 0) is 14.4 Å². The first-order chi connectivity index (χ1) is 11.1. The average Bonchev–Trinajstić information content (AvgIpc) is 2.92. The average molecular weight is 336 g/mol. The van der Waals surface area contributed by atoms with E-state index >= 15 is 0 Å². The van der Waals surface area contributed by atoms with Gasteiger partial charge in [0.2, 0.25) is 11.7 Å². The standard InChI is InChI=1S/C18H28N2O4/c1-12-6-4-8-17(2,11-18(3,24)10-12)14(21)16(23)20-9-5-7-13(20)15(19)22/h5,9,12-13,24H,4,6-8,10-11H2,1-3H3,(H2,19,22)/t12?,13?,17?,18-/m0/s1. The first-order valence-electron chi connectivity index (χ1n) is 8.61. The summed E-state index contributed by atoms with van der Waals surface area (Å²) in [5, 5.41) is 10.7. The minimum atomic E-state index is -0.992. The first kappa shape index (κ1) is 18.6. The molecule has 0 radical (unpaired) electrons. The molecule has 0 spiro atoms. The fraction of sp³-hybridized carbons (Fsp3) is 0.722. The van der Waals surface area contributed by atoms with Crippen LogP contribution < -0.4 is 5.73 Å². The van der Waals surface area contributed by atoms with Crippen molar-refractivity contribution in [3.05, 3.63) is 12.3 Å². The molecule has 2 amide bonds. The number of ketones is 1. The number of aliphatic hydroxyl groups is 1. The minimum Gasteiger partial charge on any atom is -0.390 e. The van der Waals surface area contributed by atoms with Crippen molar-refractivity contribution in [3.63, 3.8) is 0 Å². The molecule has 3 N–H and O–H groups in total. The molecule has 24 heavy (non-hydrogen) atoms. The number of carbonyl (C=O) groups is 3. The molecule has 4 atom stereocenters. The lowest BCUT2D eigenvalue weighted by molar-refractivity contribution is -0.153. The normalized spacial score (nSPS) is 36.9. The number of nitrogens with two attached hydrogens (primary N) is 1. The fourth-order valence-electron chi connectivity index (χ4n) is 4.25. The maximum atomic E-state index is 12.9. The molecule has 0 aromatic heterocycles.